The van der Waals surface area contributed by atoms with Gasteiger partial charge in [-0.25, -0.2) is 27.5 Å². The molecular formula is C40H48F4N6O2. The van der Waals surface area contributed by atoms with Gasteiger partial charge in [0.1, 0.15) is 11.6 Å². The molecule has 2 heterocycles. The van der Waals surface area contributed by atoms with E-state index < -0.39 is 46.6 Å². The molecule has 52 heavy (non-hydrogen) atoms. The smallest absolute Gasteiger partial charge is 0.248 e. The molecule has 0 bridgehead atoms. The van der Waals surface area contributed by atoms with Crippen LogP contribution in [0.1, 0.15) is 128 Å². The zero-order valence-electron chi connectivity index (χ0n) is 30.7. The number of alkyl halides is 4. The number of amides is 2. The van der Waals surface area contributed by atoms with Crippen LogP contribution < -0.4 is 10.6 Å². The number of rotatable bonds is 6. The highest BCUT2D eigenvalue weighted by Crippen LogP contribution is 2.40. The summed E-state index contributed by atoms with van der Waals surface area (Å²) in [5.41, 5.74) is 3.66. The van der Waals surface area contributed by atoms with Gasteiger partial charge in [0, 0.05) is 48.6 Å². The first-order valence-electron chi connectivity index (χ1n) is 18.1. The maximum atomic E-state index is 13.7. The quantitative estimate of drug-likeness (QED) is 0.118. The van der Waals surface area contributed by atoms with Crippen molar-refractivity contribution in [3.05, 3.63) is 59.2 Å². The molecule has 2 aromatic heterocycles. The Labute approximate surface area is 301 Å². The highest BCUT2D eigenvalue weighted by molar-refractivity contribution is 5.81. The number of H-pyrrole nitrogens is 2. The van der Waals surface area contributed by atoms with E-state index in [-0.39, 0.29) is 63.2 Å². The zero-order valence-corrected chi connectivity index (χ0v) is 30.7. The lowest BCUT2D eigenvalue weighted by atomic mass is 9.83. The number of nitrogens with one attached hydrogen (secondary N) is 4. The monoisotopic (exact) mass is 720 g/mol. The van der Waals surface area contributed by atoms with Crippen LogP contribution in [0.25, 0.3) is 22.1 Å². The predicted molar refractivity (Wildman–Crippen MR) is 193 cm³/mol. The molecule has 12 heteroatoms. The lowest BCUT2D eigenvalue weighted by molar-refractivity contribution is -0.131. The Kier molecular flexibility index (Phi) is 9.96. The van der Waals surface area contributed by atoms with Crippen molar-refractivity contribution in [1.29, 1.82) is 0 Å². The molecule has 2 amide bonds. The van der Waals surface area contributed by atoms with E-state index in [1.165, 1.54) is 0 Å². The van der Waals surface area contributed by atoms with E-state index in [1.807, 2.05) is 77.9 Å². The molecule has 278 valence electrons. The first-order valence-corrected chi connectivity index (χ1v) is 18.1. The number of carbonyl (C=O) groups excluding carboxylic acids is 2. The van der Waals surface area contributed by atoms with Crippen molar-refractivity contribution in [3.63, 3.8) is 0 Å². The molecule has 2 aliphatic carbocycles. The number of hydrogen-bond acceptors (Lipinski definition) is 4. The molecule has 0 radical (unpaired) electrons. The second-order valence-corrected chi connectivity index (χ2v) is 16.8. The molecule has 8 nitrogen and oxygen atoms in total. The molecule has 0 saturated heterocycles. The van der Waals surface area contributed by atoms with Crippen molar-refractivity contribution in [2.45, 2.75) is 117 Å². The van der Waals surface area contributed by atoms with E-state index in [1.54, 1.807) is 0 Å². The van der Waals surface area contributed by atoms with Gasteiger partial charge < -0.3 is 20.6 Å². The second kappa shape index (κ2) is 13.9. The Hall–Kier alpha value is -4.40. The Morgan fingerprint density at radius 1 is 0.673 bits per heavy atom. The Bertz CT molecular complexity index is 1860. The minimum atomic E-state index is -2.70. The van der Waals surface area contributed by atoms with Crippen molar-refractivity contribution in [2.75, 3.05) is 0 Å². The SMILES string of the molecule is CC(C)(C)[C@H](NC(=O)C1CCC(F)(F)CC1)c1nc2ccc(C#Cc3ccc4nc([C@@H](NC(=O)C5CCC(F)(F)CC5)C(C)(C)C)[nH]c4c3)cc2[nH]1. The number of aromatic amines is 2. The number of imidazole rings is 2. The van der Waals surface area contributed by atoms with Gasteiger partial charge >= 0.3 is 0 Å². The fourth-order valence-corrected chi connectivity index (χ4v) is 7.15. The molecule has 2 fully saturated rings. The first kappa shape index (κ1) is 37.4. The van der Waals surface area contributed by atoms with Crippen molar-refractivity contribution in [3.8, 4) is 11.8 Å². The summed E-state index contributed by atoms with van der Waals surface area (Å²) in [7, 11) is 0. The molecule has 2 saturated carbocycles. The third kappa shape index (κ3) is 8.62. The standard InChI is InChI=1S/C40H48F4N6O2/c1-37(2,3)31(49-35(51)25-13-17-39(41,42)18-14-25)33-45-27-11-9-23(21-29(27)47-33)7-8-24-10-12-28-30(22-24)48-34(46-28)32(38(4,5)6)50-36(52)26-15-19-40(43,44)20-16-26/h9-12,21-22,25-26,31-32H,13-20H2,1-6H3,(H,45,47)(H,46,48)(H,49,51)(H,50,52)/t31-,32-/m1/s1. The topological polar surface area (TPSA) is 116 Å². The lowest BCUT2D eigenvalue weighted by Gasteiger charge is -2.33. The third-order valence-corrected chi connectivity index (χ3v) is 10.4. The van der Waals surface area contributed by atoms with Crippen LogP contribution in [-0.4, -0.2) is 43.6 Å². The number of aromatic nitrogens is 4. The van der Waals surface area contributed by atoms with Crippen LogP contribution in [-0.2, 0) is 9.59 Å². The van der Waals surface area contributed by atoms with Gasteiger partial charge in [0.15, 0.2) is 0 Å². The van der Waals surface area contributed by atoms with Gasteiger partial charge in [-0.3, -0.25) is 9.59 Å². The minimum Gasteiger partial charge on any atom is -0.345 e. The fraction of sp³-hybridized carbons (Fsp3) is 0.550. The van der Waals surface area contributed by atoms with Crippen LogP contribution in [0.15, 0.2) is 36.4 Å². The van der Waals surface area contributed by atoms with E-state index in [4.69, 9.17) is 9.97 Å². The van der Waals surface area contributed by atoms with E-state index in [9.17, 15) is 27.2 Å². The molecule has 4 N–H and O–H groups in total. The number of hydrogen-bond donors (Lipinski definition) is 4. The largest absolute Gasteiger partial charge is 0.345 e. The minimum absolute atomic E-state index is 0.163. The normalized spacial score (nSPS) is 19.5. The van der Waals surface area contributed by atoms with Gasteiger partial charge in [-0.2, -0.15) is 0 Å². The van der Waals surface area contributed by atoms with Crippen LogP contribution >= 0.6 is 0 Å². The predicted octanol–water partition coefficient (Wildman–Crippen LogP) is 8.90. The summed E-state index contributed by atoms with van der Waals surface area (Å²) in [5.74, 6) is 0.867. The van der Waals surface area contributed by atoms with Gasteiger partial charge in [0.25, 0.3) is 0 Å². The summed E-state index contributed by atoms with van der Waals surface area (Å²) < 4.78 is 54.8. The number of nitrogens with zero attached hydrogens (tertiary/aromatic N) is 2. The van der Waals surface area contributed by atoms with Crippen LogP contribution in [0.4, 0.5) is 17.6 Å². The maximum absolute atomic E-state index is 13.7. The summed E-state index contributed by atoms with van der Waals surface area (Å²) in [5, 5.41) is 6.18. The van der Waals surface area contributed by atoms with Crippen molar-refractivity contribution < 1.29 is 27.2 Å². The van der Waals surface area contributed by atoms with E-state index in [0.717, 1.165) is 33.2 Å². The number of fused-ring (bicyclic) bond motifs is 2. The van der Waals surface area contributed by atoms with Gasteiger partial charge in [-0.1, -0.05) is 53.4 Å². The van der Waals surface area contributed by atoms with E-state index in [2.05, 4.69) is 32.4 Å². The molecule has 0 aliphatic heterocycles. The molecule has 4 aromatic rings. The molecule has 6 rings (SSSR count). The van der Waals surface area contributed by atoms with E-state index in [0.29, 0.717) is 11.6 Å². The molecule has 2 aromatic carbocycles. The van der Waals surface area contributed by atoms with Gasteiger partial charge in [-0.05, 0) is 72.9 Å². The Morgan fingerprint density at radius 2 is 1.02 bits per heavy atom. The maximum Gasteiger partial charge on any atom is 0.248 e. The lowest BCUT2D eigenvalue weighted by Crippen LogP contribution is -2.42. The van der Waals surface area contributed by atoms with Crippen molar-refractivity contribution in [2.24, 2.45) is 22.7 Å². The van der Waals surface area contributed by atoms with E-state index >= 15 is 0 Å². The van der Waals surface area contributed by atoms with Crippen LogP contribution in [0.5, 0.6) is 0 Å². The molecule has 2 atom stereocenters. The number of benzene rings is 2. The first-order chi connectivity index (χ1) is 24.3. The highest BCUT2D eigenvalue weighted by atomic mass is 19.3. The molecular weight excluding hydrogens is 672 g/mol. The van der Waals surface area contributed by atoms with Gasteiger partial charge in [-0.15, -0.1) is 0 Å². The van der Waals surface area contributed by atoms with Crippen LogP contribution in [0.2, 0.25) is 0 Å². The number of carbonyl (C=O) groups is 2. The van der Waals surface area contributed by atoms with Crippen LogP contribution in [0.3, 0.4) is 0 Å². The summed E-state index contributed by atoms with van der Waals surface area (Å²) in [6.07, 6.45) is -0.448. The second-order valence-electron chi connectivity index (χ2n) is 16.8. The molecule has 0 spiro atoms. The van der Waals surface area contributed by atoms with Crippen molar-refractivity contribution >= 4 is 33.9 Å². The number of halogens is 4. The summed E-state index contributed by atoms with van der Waals surface area (Å²) in [4.78, 5) is 42.6. The molecule has 2 aliphatic rings. The van der Waals surface area contributed by atoms with Crippen LogP contribution in [0, 0.1) is 34.5 Å². The highest BCUT2D eigenvalue weighted by Gasteiger charge is 2.41. The molecule has 0 unspecified atom stereocenters. The fourth-order valence-electron chi connectivity index (χ4n) is 7.15. The summed E-state index contributed by atoms with van der Waals surface area (Å²) in [6, 6.07) is 10.4. The average molecular weight is 721 g/mol. The summed E-state index contributed by atoms with van der Waals surface area (Å²) >= 11 is 0. The zero-order chi connectivity index (χ0) is 37.6. The average Bonchev–Trinajstić information content (AvgIpc) is 3.67. The summed E-state index contributed by atoms with van der Waals surface area (Å²) in [6.45, 7) is 12.0. The third-order valence-electron chi connectivity index (χ3n) is 10.4. The Morgan fingerprint density at radius 3 is 1.35 bits per heavy atom. The van der Waals surface area contributed by atoms with Gasteiger partial charge in [0.2, 0.25) is 23.7 Å². The Balaban J connectivity index is 1.17. The van der Waals surface area contributed by atoms with Crippen molar-refractivity contribution in [1.82, 2.24) is 30.6 Å². The van der Waals surface area contributed by atoms with Gasteiger partial charge in [0.05, 0.1) is 34.2 Å².